The number of unbranched alkanes of at least 4 members (excludes halogenated alkanes) is 3. The first-order valence-corrected chi connectivity index (χ1v) is 11.8. The molecule has 1 fully saturated rings. The van der Waals surface area contributed by atoms with E-state index in [9.17, 15) is 4.79 Å². The molecule has 0 spiro atoms. The molecule has 1 saturated carbocycles. The Morgan fingerprint density at radius 3 is 2.33 bits per heavy atom. The summed E-state index contributed by atoms with van der Waals surface area (Å²) in [7, 11) is 0. The fourth-order valence-electron chi connectivity index (χ4n) is 3.74. The zero-order valence-electron chi connectivity index (χ0n) is 19.7. The highest BCUT2D eigenvalue weighted by molar-refractivity contribution is 5.69. The summed E-state index contributed by atoms with van der Waals surface area (Å²) < 4.78 is 4.97. The molecule has 0 unspecified atom stereocenters. The molecule has 0 heterocycles. The number of allylic oxidation sites excluding steroid dienone is 2. The molecule has 0 saturated heterocycles. The second-order valence-electron chi connectivity index (χ2n) is 8.24. The lowest BCUT2D eigenvalue weighted by Gasteiger charge is -2.07. The van der Waals surface area contributed by atoms with Crippen molar-refractivity contribution in [2.24, 2.45) is 5.92 Å². The van der Waals surface area contributed by atoms with Gasteiger partial charge in [-0.15, -0.1) is 12.8 Å². The fraction of sp³-hybridized carbons (Fsp3) is 0.607. The molecule has 2 nitrogen and oxygen atoms in total. The molecule has 0 bridgehead atoms. The molecule has 168 valence electrons. The van der Waals surface area contributed by atoms with Crippen LogP contribution in [0.1, 0.15) is 97.0 Å². The Labute approximate surface area is 186 Å². The molecule has 0 atom stereocenters. The van der Waals surface area contributed by atoms with Gasteiger partial charge in [0.2, 0.25) is 0 Å². The van der Waals surface area contributed by atoms with Crippen molar-refractivity contribution in [2.75, 3.05) is 0 Å². The largest absolute Gasteiger partial charge is 0.463 e. The molecule has 0 amide bonds. The van der Waals surface area contributed by atoms with Crippen molar-refractivity contribution in [2.45, 2.75) is 104 Å². The highest BCUT2D eigenvalue weighted by atomic mass is 16.5. The molecule has 1 aliphatic carbocycles. The maximum absolute atomic E-state index is 11.0. The van der Waals surface area contributed by atoms with Gasteiger partial charge in [-0.05, 0) is 57.9 Å². The number of carbonyl (C=O) groups is 1. The van der Waals surface area contributed by atoms with Crippen molar-refractivity contribution < 1.29 is 9.53 Å². The smallest absolute Gasteiger partial charge is 0.306 e. The van der Waals surface area contributed by atoms with Crippen LogP contribution in [0.25, 0.3) is 0 Å². The lowest BCUT2D eigenvalue weighted by molar-refractivity contribution is -0.147. The summed E-state index contributed by atoms with van der Waals surface area (Å²) in [6.07, 6.45) is 27.5. The van der Waals surface area contributed by atoms with Crippen LogP contribution in [0.15, 0.2) is 42.5 Å². The van der Waals surface area contributed by atoms with Gasteiger partial charge in [-0.3, -0.25) is 4.79 Å². The van der Waals surface area contributed by atoms with Crippen LogP contribution in [0.3, 0.4) is 0 Å². The van der Waals surface area contributed by atoms with Crippen LogP contribution in [-0.4, -0.2) is 12.1 Å². The average Bonchev–Trinajstić information content (AvgIpc) is 3.27. The topological polar surface area (TPSA) is 26.3 Å². The molecule has 0 aliphatic heterocycles. The molecule has 30 heavy (non-hydrogen) atoms. The average molecular weight is 413 g/mol. The predicted octanol–water partition coefficient (Wildman–Crippen LogP) is 7.91. The Morgan fingerprint density at radius 2 is 1.73 bits per heavy atom. The van der Waals surface area contributed by atoms with Crippen molar-refractivity contribution in [3.05, 3.63) is 48.0 Å². The number of hydrogen-bond donors (Lipinski definition) is 0. The van der Waals surface area contributed by atoms with E-state index in [1.54, 1.807) is 0 Å². The second-order valence-corrected chi connectivity index (χ2v) is 8.24. The second kappa shape index (κ2) is 20.3. The van der Waals surface area contributed by atoms with E-state index in [-0.39, 0.29) is 12.1 Å². The summed E-state index contributed by atoms with van der Waals surface area (Å²) in [4.78, 5) is 11.0. The van der Waals surface area contributed by atoms with E-state index in [4.69, 9.17) is 4.74 Å². The predicted molar refractivity (Wildman–Crippen MR) is 130 cm³/mol. The number of hydrogen-bond acceptors (Lipinski definition) is 2. The third-order valence-corrected chi connectivity index (χ3v) is 5.25. The Balaban J connectivity index is 0.000000540. The lowest BCUT2D eigenvalue weighted by atomic mass is 9.98. The SMILES string of the molecule is C#C.C/C=C\CCCC(=O)OC(C)C.c1ccc(CCCCCC2CCCC2)cc1. The molecule has 2 rings (SSSR count). The third-order valence-electron chi connectivity index (χ3n) is 5.25. The summed E-state index contributed by atoms with van der Waals surface area (Å²) >= 11 is 0. The molecule has 2 heteroatoms. The number of ether oxygens (including phenoxy) is 1. The highest BCUT2D eigenvalue weighted by Gasteiger charge is 2.13. The molecular weight excluding hydrogens is 368 g/mol. The standard InChI is InChI=1S/C16H24.C10H18O2.C2H2/c1-3-9-15(10-4-1)11-5-2-6-12-16-13-7-8-14-16;1-4-5-6-7-8-10(11)12-9(2)3;1-2/h1,3-4,9-10,16H,2,5-8,11-14H2;4-5,9H,6-8H2,1-3H3;1-2H/b;5-4-;. The van der Waals surface area contributed by atoms with Crippen LogP contribution in [-0.2, 0) is 16.0 Å². The third kappa shape index (κ3) is 16.9. The van der Waals surface area contributed by atoms with Crippen molar-refractivity contribution >= 4 is 5.97 Å². The van der Waals surface area contributed by atoms with E-state index in [0.717, 1.165) is 18.8 Å². The minimum Gasteiger partial charge on any atom is -0.463 e. The molecule has 1 aliphatic rings. The lowest BCUT2D eigenvalue weighted by Crippen LogP contribution is -2.10. The molecule has 1 aromatic carbocycles. The summed E-state index contributed by atoms with van der Waals surface area (Å²) in [6.45, 7) is 5.71. The van der Waals surface area contributed by atoms with Gasteiger partial charge in [0.15, 0.2) is 0 Å². The zero-order chi connectivity index (χ0) is 22.5. The van der Waals surface area contributed by atoms with Gasteiger partial charge in [-0.1, -0.05) is 87.4 Å². The number of benzene rings is 1. The van der Waals surface area contributed by atoms with E-state index in [2.05, 4.69) is 49.3 Å². The number of carbonyl (C=O) groups excluding carboxylic acids is 1. The number of rotatable bonds is 11. The van der Waals surface area contributed by atoms with Crippen LogP contribution in [0.2, 0.25) is 0 Å². The van der Waals surface area contributed by atoms with E-state index in [0.29, 0.717) is 6.42 Å². The normalized spacial score (nSPS) is 13.4. The Hall–Kier alpha value is -2.01. The molecule has 0 radical (unpaired) electrons. The van der Waals surface area contributed by atoms with E-state index in [1.165, 1.54) is 63.4 Å². The monoisotopic (exact) mass is 412 g/mol. The molecule has 1 aromatic rings. The Bertz CT molecular complexity index is 551. The molecule has 0 aromatic heterocycles. The van der Waals surface area contributed by atoms with Gasteiger partial charge >= 0.3 is 5.97 Å². The van der Waals surface area contributed by atoms with Gasteiger partial charge in [0.25, 0.3) is 0 Å². The maximum Gasteiger partial charge on any atom is 0.306 e. The number of aryl methyl sites for hydroxylation is 1. The summed E-state index contributed by atoms with van der Waals surface area (Å²) in [6, 6.07) is 10.9. The van der Waals surface area contributed by atoms with Gasteiger partial charge in [0, 0.05) is 6.42 Å². The first kappa shape index (κ1) is 28.0. The van der Waals surface area contributed by atoms with Crippen LogP contribution in [0, 0.1) is 18.8 Å². The Kier molecular flexibility index (Phi) is 18.9. The van der Waals surface area contributed by atoms with Crippen LogP contribution in [0.5, 0.6) is 0 Å². The van der Waals surface area contributed by atoms with Crippen molar-refractivity contribution in [1.82, 2.24) is 0 Å². The van der Waals surface area contributed by atoms with Gasteiger partial charge in [-0.25, -0.2) is 0 Å². The van der Waals surface area contributed by atoms with Crippen molar-refractivity contribution in [3.63, 3.8) is 0 Å². The van der Waals surface area contributed by atoms with Crippen LogP contribution >= 0.6 is 0 Å². The van der Waals surface area contributed by atoms with Crippen LogP contribution in [0.4, 0.5) is 0 Å². The Morgan fingerprint density at radius 1 is 1.07 bits per heavy atom. The van der Waals surface area contributed by atoms with Crippen LogP contribution < -0.4 is 0 Å². The minimum atomic E-state index is -0.0884. The van der Waals surface area contributed by atoms with E-state index >= 15 is 0 Å². The van der Waals surface area contributed by atoms with Crippen molar-refractivity contribution in [1.29, 1.82) is 0 Å². The quantitative estimate of drug-likeness (QED) is 0.160. The maximum atomic E-state index is 11.0. The molecule has 0 N–H and O–H groups in total. The summed E-state index contributed by atoms with van der Waals surface area (Å²) in [5, 5.41) is 0. The molecular formula is C28H44O2. The van der Waals surface area contributed by atoms with Gasteiger partial charge in [0.1, 0.15) is 0 Å². The summed E-state index contributed by atoms with van der Waals surface area (Å²) in [5.41, 5.74) is 1.50. The summed E-state index contributed by atoms with van der Waals surface area (Å²) in [5.74, 6) is 0.992. The van der Waals surface area contributed by atoms with Gasteiger partial charge in [-0.2, -0.15) is 0 Å². The number of terminal acetylenes is 1. The number of esters is 1. The first-order valence-electron chi connectivity index (χ1n) is 11.8. The zero-order valence-corrected chi connectivity index (χ0v) is 19.7. The van der Waals surface area contributed by atoms with E-state index < -0.39 is 0 Å². The highest BCUT2D eigenvalue weighted by Crippen LogP contribution is 2.29. The van der Waals surface area contributed by atoms with Gasteiger partial charge in [0.05, 0.1) is 6.10 Å². The van der Waals surface area contributed by atoms with Gasteiger partial charge < -0.3 is 4.74 Å². The van der Waals surface area contributed by atoms with Crippen molar-refractivity contribution in [3.8, 4) is 12.8 Å². The van der Waals surface area contributed by atoms with E-state index in [1.807, 2.05) is 26.8 Å². The first-order chi connectivity index (χ1) is 14.6. The minimum absolute atomic E-state index is 0.0132. The fourth-order valence-corrected chi connectivity index (χ4v) is 3.74.